The first kappa shape index (κ1) is 17.2. The maximum absolute atomic E-state index is 13.6. The molecule has 0 saturated carbocycles. The second kappa shape index (κ2) is 7.43. The number of aromatic hydroxyl groups is 1. The lowest BCUT2D eigenvalue weighted by molar-refractivity contribution is -0.119. The number of rotatable bonds is 4. The van der Waals surface area contributed by atoms with Gasteiger partial charge in [-0.25, -0.2) is 9.18 Å². The Kier molecular flexibility index (Phi) is 5.57. The number of halogens is 3. The summed E-state index contributed by atoms with van der Waals surface area (Å²) in [5, 5.41) is 12.1. The number of nitrogens with one attached hydrogen (secondary N) is 1. The number of hydrogen-bond donors (Lipinski definition) is 2. The molecule has 2 rings (SSSR count). The molecule has 5 nitrogen and oxygen atoms in total. The summed E-state index contributed by atoms with van der Waals surface area (Å²) in [5.74, 6) is -2.60. The highest BCUT2D eigenvalue weighted by molar-refractivity contribution is 9.10. The summed E-state index contributed by atoms with van der Waals surface area (Å²) in [7, 11) is 0. The third kappa shape index (κ3) is 4.67. The summed E-state index contributed by atoms with van der Waals surface area (Å²) >= 11 is 8.75. The molecule has 2 aromatic rings. The molecule has 0 heterocycles. The molecule has 0 radical (unpaired) electrons. The first-order valence-corrected chi connectivity index (χ1v) is 7.44. The zero-order chi connectivity index (χ0) is 17.0. The van der Waals surface area contributed by atoms with E-state index >= 15 is 0 Å². The van der Waals surface area contributed by atoms with E-state index in [4.69, 9.17) is 16.3 Å². The predicted molar refractivity (Wildman–Crippen MR) is 86.1 cm³/mol. The second-order valence-corrected chi connectivity index (χ2v) is 5.76. The number of anilines is 1. The van der Waals surface area contributed by atoms with Crippen molar-refractivity contribution in [1.29, 1.82) is 0 Å². The van der Waals surface area contributed by atoms with E-state index in [1.165, 1.54) is 30.3 Å². The van der Waals surface area contributed by atoms with E-state index in [0.29, 0.717) is 4.47 Å². The van der Waals surface area contributed by atoms with Crippen molar-refractivity contribution in [2.24, 2.45) is 0 Å². The Morgan fingerprint density at radius 3 is 2.65 bits per heavy atom. The minimum Gasteiger partial charge on any atom is -0.507 e. The van der Waals surface area contributed by atoms with Gasteiger partial charge in [0.05, 0.1) is 5.69 Å². The topological polar surface area (TPSA) is 75.6 Å². The lowest BCUT2D eigenvalue weighted by Crippen LogP contribution is -2.21. The molecule has 0 aromatic heterocycles. The van der Waals surface area contributed by atoms with E-state index in [1.54, 1.807) is 6.07 Å². The Morgan fingerprint density at radius 1 is 1.26 bits per heavy atom. The van der Waals surface area contributed by atoms with Crippen molar-refractivity contribution in [2.75, 3.05) is 11.9 Å². The zero-order valence-electron chi connectivity index (χ0n) is 11.5. The van der Waals surface area contributed by atoms with E-state index in [0.717, 1.165) is 0 Å². The Labute approximate surface area is 144 Å². The molecule has 120 valence electrons. The molecule has 23 heavy (non-hydrogen) atoms. The fourth-order valence-electron chi connectivity index (χ4n) is 1.66. The highest BCUT2D eigenvalue weighted by Crippen LogP contribution is 2.23. The van der Waals surface area contributed by atoms with Crippen LogP contribution in [0.1, 0.15) is 10.4 Å². The molecule has 0 fully saturated rings. The van der Waals surface area contributed by atoms with Crippen LogP contribution in [0.25, 0.3) is 0 Å². The third-order valence-electron chi connectivity index (χ3n) is 2.72. The Balaban J connectivity index is 1.94. The van der Waals surface area contributed by atoms with Crippen LogP contribution in [0.15, 0.2) is 40.9 Å². The minimum absolute atomic E-state index is 0.0383. The molecule has 0 atom stereocenters. The highest BCUT2D eigenvalue weighted by atomic mass is 79.9. The van der Waals surface area contributed by atoms with Gasteiger partial charge in [-0.15, -0.1) is 0 Å². The fourth-order valence-corrected chi connectivity index (χ4v) is 2.16. The summed E-state index contributed by atoms with van der Waals surface area (Å²) in [6.45, 7) is -0.629. The van der Waals surface area contributed by atoms with Crippen molar-refractivity contribution in [1.82, 2.24) is 0 Å². The third-order valence-corrected chi connectivity index (χ3v) is 3.45. The van der Waals surface area contributed by atoms with Crippen LogP contribution in [0.4, 0.5) is 10.1 Å². The largest absolute Gasteiger partial charge is 0.507 e. The smallest absolute Gasteiger partial charge is 0.342 e. The number of carbonyl (C=O) groups is 2. The summed E-state index contributed by atoms with van der Waals surface area (Å²) < 4.78 is 18.9. The molecular weight excluding hydrogens is 393 g/mol. The Morgan fingerprint density at radius 2 is 2.00 bits per heavy atom. The number of benzene rings is 2. The summed E-state index contributed by atoms with van der Waals surface area (Å²) in [6.07, 6.45) is 0. The van der Waals surface area contributed by atoms with Crippen LogP contribution in [0.5, 0.6) is 5.75 Å². The van der Waals surface area contributed by atoms with Crippen LogP contribution >= 0.6 is 27.5 Å². The van der Waals surface area contributed by atoms with E-state index in [2.05, 4.69) is 21.2 Å². The Hall–Kier alpha value is -2.12. The summed E-state index contributed by atoms with van der Waals surface area (Å²) in [5.41, 5.74) is -0.166. The maximum atomic E-state index is 13.6. The summed E-state index contributed by atoms with van der Waals surface area (Å²) in [4.78, 5) is 23.4. The zero-order valence-corrected chi connectivity index (χ0v) is 13.8. The average molecular weight is 403 g/mol. The molecule has 0 bridgehead atoms. The van der Waals surface area contributed by atoms with Crippen molar-refractivity contribution in [3.8, 4) is 5.75 Å². The molecule has 2 aromatic carbocycles. The van der Waals surface area contributed by atoms with Crippen LogP contribution in [0.2, 0.25) is 5.02 Å². The molecule has 0 aliphatic carbocycles. The normalized spacial score (nSPS) is 10.2. The highest BCUT2D eigenvalue weighted by Gasteiger charge is 2.15. The van der Waals surface area contributed by atoms with Crippen molar-refractivity contribution >= 4 is 45.1 Å². The molecule has 0 saturated heterocycles. The van der Waals surface area contributed by atoms with Crippen LogP contribution in [0, 0.1) is 5.82 Å². The van der Waals surface area contributed by atoms with Crippen molar-refractivity contribution in [2.45, 2.75) is 0 Å². The number of hydrogen-bond acceptors (Lipinski definition) is 4. The van der Waals surface area contributed by atoms with Gasteiger partial charge < -0.3 is 15.2 Å². The lowest BCUT2D eigenvalue weighted by Gasteiger charge is -2.08. The standard InChI is InChI=1S/C15H10BrClFNO4/c16-8-1-4-12(11(18)5-8)19-14(21)7-23-15(22)10-3-2-9(17)6-13(10)20/h1-6,20H,7H2,(H,19,21). The Bertz CT molecular complexity index is 769. The lowest BCUT2D eigenvalue weighted by atomic mass is 10.2. The van der Waals surface area contributed by atoms with Gasteiger partial charge in [0.15, 0.2) is 6.61 Å². The molecule has 1 amide bonds. The van der Waals surface area contributed by atoms with E-state index in [-0.39, 0.29) is 22.0 Å². The quantitative estimate of drug-likeness (QED) is 0.764. The van der Waals surface area contributed by atoms with Gasteiger partial charge in [-0.3, -0.25) is 4.79 Å². The molecular formula is C15H10BrClFNO4. The number of phenols is 1. The monoisotopic (exact) mass is 401 g/mol. The van der Waals surface area contributed by atoms with Gasteiger partial charge in [0.1, 0.15) is 17.1 Å². The van der Waals surface area contributed by atoms with E-state index in [1.807, 2.05) is 0 Å². The molecule has 0 aliphatic heterocycles. The number of phenolic OH excluding ortho intramolecular Hbond substituents is 1. The first-order valence-electron chi connectivity index (χ1n) is 6.27. The van der Waals surface area contributed by atoms with Crippen molar-refractivity contribution in [3.05, 3.63) is 57.3 Å². The van der Waals surface area contributed by atoms with Gasteiger partial charge in [0.25, 0.3) is 5.91 Å². The first-order chi connectivity index (χ1) is 10.9. The van der Waals surface area contributed by atoms with Crippen molar-refractivity contribution in [3.63, 3.8) is 0 Å². The van der Waals surface area contributed by atoms with Gasteiger partial charge in [0.2, 0.25) is 0 Å². The molecule has 8 heteroatoms. The van der Waals surface area contributed by atoms with Crippen LogP contribution < -0.4 is 5.32 Å². The second-order valence-electron chi connectivity index (χ2n) is 4.41. The van der Waals surface area contributed by atoms with Gasteiger partial charge >= 0.3 is 5.97 Å². The van der Waals surface area contributed by atoms with E-state index < -0.39 is 24.3 Å². The maximum Gasteiger partial charge on any atom is 0.342 e. The van der Waals surface area contributed by atoms with Gasteiger partial charge in [-0.05, 0) is 36.4 Å². The number of amides is 1. The number of esters is 1. The van der Waals surface area contributed by atoms with Gasteiger partial charge in [0, 0.05) is 9.50 Å². The molecule has 0 spiro atoms. The summed E-state index contributed by atoms with van der Waals surface area (Å²) in [6, 6.07) is 7.95. The van der Waals surface area contributed by atoms with Crippen LogP contribution in [-0.4, -0.2) is 23.6 Å². The van der Waals surface area contributed by atoms with Gasteiger partial charge in [-0.1, -0.05) is 27.5 Å². The number of ether oxygens (including phenoxy) is 1. The average Bonchev–Trinajstić information content (AvgIpc) is 2.48. The predicted octanol–water partition coefficient (Wildman–Crippen LogP) is 3.74. The molecule has 2 N–H and O–H groups in total. The van der Waals surface area contributed by atoms with Crippen LogP contribution in [-0.2, 0) is 9.53 Å². The SMILES string of the molecule is O=C(COC(=O)c1ccc(Cl)cc1O)Nc1ccc(Br)cc1F. The number of carbonyl (C=O) groups excluding carboxylic acids is 2. The molecule has 0 aliphatic rings. The van der Waals surface area contributed by atoms with Crippen LogP contribution in [0.3, 0.4) is 0 Å². The van der Waals surface area contributed by atoms with Gasteiger partial charge in [-0.2, -0.15) is 0 Å². The van der Waals surface area contributed by atoms with Crippen molar-refractivity contribution < 1.29 is 23.8 Å². The minimum atomic E-state index is -0.898. The molecule has 0 unspecified atom stereocenters. The fraction of sp³-hybridized carbons (Fsp3) is 0.0667. The van der Waals surface area contributed by atoms with E-state index in [9.17, 15) is 19.1 Å².